The Kier molecular flexibility index (Phi) is 9.81. The number of hydrogen-bond donors (Lipinski definition) is 0. The molecule has 0 spiro atoms. The monoisotopic (exact) mass is 431 g/mol. The van der Waals surface area contributed by atoms with Gasteiger partial charge in [0.05, 0.1) is 21.3 Å². The molecule has 0 aliphatic heterocycles. The van der Waals surface area contributed by atoms with Crippen LogP contribution < -0.4 is 9.47 Å². The summed E-state index contributed by atoms with van der Waals surface area (Å²) in [6.45, 7) is 1.05. The molecule has 2 aromatic carbocycles. The minimum atomic E-state index is -0.266. The number of rotatable bonds is 12. The number of carbonyl (C=O) groups is 2. The molecule has 0 radical (unpaired) electrons. The smallest absolute Gasteiger partial charge is 0.305 e. The molecule has 0 atom stereocenters. The lowest BCUT2D eigenvalue weighted by Crippen LogP contribution is -2.33. The largest absolute Gasteiger partial charge is 0.497 e. The van der Waals surface area contributed by atoms with Crippen LogP contribution in [0.3, 0.4) is 0 Å². The first-order valence-corrected chi connectivity index (χ1v) is 10.3. The van der Waals surface area contributed by atoms with E-state index in [0.29, 0.717) is 49.4 Å². The van der Waals surface area contributed by atoms with E-state index >= 15 is 0 Å². The molecule has 0 N–H and O–H groups in total. The van der Waals surface area contributed by atoms with Gasteiger partial charge in [0.2, 0.25) is 0 Å². The predicted octanol–water partition coefficient (Wildman–Crippen LogP) is 4.26. The van der Waals surface area contributed by atoms with Gasteiger partial charge < -0.3 is 19.1 Å². The number of halogens is 1. The molecule has 2 aromatic rings. The van der Waals surface area contributed by atoms with Crippen molar-refractivity contribution < 1.29 is 28.2 Å². The number of nitrogens with zero attached hydrogens (tertiary/aromatic N) is 1. The van der Waals surface area contributed by atoms with Gasteiger partial charge in [0.25, 0.3) is 5.91 Å². The van der Waals surface area contributed by atoms with Crippen molar-refractivity contribution in [1.82, 2.24) is 4.90 Å². The van der Waals surface area contributed by atoms with Crippen molar-refractivity contribution in [3.05, 3.63) is 59.4 Å². The summed E-state index contributed by atoms with van der Waals surface area (Å²) in [4.78, 5) is 26.3. The Bertz CT molecular complexity index is 831. The van der Waals surface area contributed by atoms with Crippen molar-refractivity contribution in [1.29, 1.82) is 0 Å². The number of benzene rings is 2. The molecule has 7 heteroatoms. The van der Waals surface area contributed by atoms with Crippen LogP contribution in [0, 0.1) is 5.82 Å². The third-order valence-corrected chi connectivity index (χ3v) is 4.98. The molecule has 0 fully saturated rings. The number of carbonyl (C=O) groups excluding carboxylic acids is 2. The van der Waals surface area contributed by atoms with E-state index in [2.05, 4.69) is 4.74 Å². The molecule has 0 aromatic heterocycles. The maximum absolute atomic E-state index is 13.2. The molecule has 2 rings (SSSR count). The van der Waals surface area contributed by atoms with Gasteiger partial charge in [-0.3, -0.25) is 9.59 Å². The predicted molar refractivity (Wildman–Crippen MR) is 116 cm³/mol. The van der Waals surface area contributed by atoms with Crippen molar-refractivity contribution in [3.8, 4) is 11.5 Å². The highest BCUT2D eigenvalue weighted by atomic mass is 19.1. The molecule has 0 unspecified atom stereocenters. The van der Waals surface area contributed by atoms with Crippen LogP contribution in [0.15, 0.2) is 42.5 Å². The fourth-order valence-electron chi connectivity index (χ4n) is 3.23. The van der Waals surface area contributed by atoms with Gasteiger partial charge in [-0.1, -0.05) is 12.1 Å². The lowest BCUT2D eigenvalue weighted by molar-refractivity contribution is -0.140. The number of ether oxygens (including phenoxy) is 3. The van der Waals surface area contributed by atoms with Crippen molar-refractivity contribution in [2.45, 2.75) is 32.1 Å². The zero-order valence-electron chi connectivity index (χ0n) is 18.4. The second kappa shape index (κ2) is 12.6. The third kappa shape index (κ3) is 7.92. The Balaban J connectivity index is 2.06. The molecular formula is C24H30FNO5. The number of unbranched alkanes of at least 4 members (excludes halogenated alkanes) is 1. The summed E-state index contributed by atoms with van der Waals surface area (Å²) < 4.78 is 28.3. The fourth-order valence-corrected chi connectivity index (χ4v) is 3.23. The normalized spacial score (nSPS) is 10.5. The maximum atomic E-state index is 13.2. The number of aryl methyl sites for hydroxylation is 1. The summed E-state index contributed by atoms with van der Waals surface area (Å²) in [7, 11) is 4.44. The molecule has 0 saturated heterocycles. The number of methoxy groups -OCH3 is 3. The highest BCUT2D eigenvalue weighted by Gasteiger charge is 2.18. The first-order valence-electron chi connectivity index (χ1n) is 10.3. The zero-order chi connectivity index (χ0) is 22.6. The second-order valence-corrected chi connectivity index (χ2v) is 7.16. The van der Waals surface area contributed by atoms with Gasteiger partial charge in [-0.25, -0.2) is 4.39 Å². The highest BCUT2D eigenvalue weighted by Crippen LogP contribution is 2.24. The van der Waals surface area contributed by atoms with Gasteiger partial charge in [0.15, 0.2) is 0 Å². The van der Waals surface area contributed by atoms with E-state index in [0.717, 1.165) is 18.4 Å². The Morgan fingerprint density at radius 2 is 1.48 bits per heavy atom. The Hall–Kier alpha value is -3.09. The summed E-state index contributed by atoms with van der Waals surface area (Å²) >= 11 is 0. The first kappa shape index (κ1) is 24.2. The topological polar surface area (TPSA) is 65.1 Å². The zero-order valence-corrected chi connectivity index (χ0v) is 18.4. The molecule has 168 valence electrons. The van der Waals surface area contributed by atoms with Gasteiger partial charge in [0, 0.05) is 31.1 Å². The standard InChI is InChI=1S/C24H30FNO5/c1-29-21-15-19(16-22(17-21)30-2)24(28)26(13-5-4-8-23(27)31-3)14-6-7-18-9-11-20(25)12-10-18/h9-12,15-17H,4-8,13-14H2,1-3H3. The van der Waals surface area contributed by atoms with E-state index < -0.39 is 0 Å². The molecule has 6 nitrogen and oxygen atoms in total. The summed E-state index contributed by atoms with van der Waals surface area (Å²) in [5.74, 6) is 0.429. The van der Waals surface area contributed by atoms with Gasteiger partial charge in [-0.15, -0.1) is 0 Å². The molecule has 31 heavy (non-hydrogen) atoms. The van der Waals surface area contributed by atoms with Crippen molar-refractivity contribution in [2.75, 3.05) is 34.4 Å². The summed E-state index contributed by atoms with van der Waals surface area (Å²) in [6, 6.07) is 11.5. The quantitative estimate of drug-likeness (QED) is 0.371. The van der Waals surface area contributed by atoms with E-state index in [9.17, 15) is 14.0 Å². The fraction of sp³-hybridized carbons (Fsp3) is 0.417. The van der Waals surface area contributed by atoms with Crippen LogP contribution >= 0.6 is 0 Å². The lowest BCUT2D eigenvalue weighted by atomic mass is 10.1. The molecular weight excluding hydrogens is 401 g/mol. The first-order chi connectivity index (χ1) is 15.0. The van der Waals surface area contributed by atoms with E-state index in [4.69, 9.17) is 9.47 Å². The number of esters is 1. The van der Waals surface area contributed by atoms with Crippen LogP contribution in [0.1, 0.15) is 41.6 Å². The van der Waals surface area contributed by atoms with E-state index in [-0.39, 0.29) is 17.7 Å². The average molecular weight is 432 g/mol. The summed E-state index contributed by atoms with van der Waals surface area (Å²) in [6.07, 6.45) is 3.10. The minimum Gasteiger partial charge on any atom is -0.497 e. The van der Waals surface area contributed by atoms with Crippen LogP contribution in [-0.4, -0.2) is 51.2 Å². The van der Waals surface area contributed by atoms with Crippen molar-refractivity contribution in [3.63, 3.8) is 0 Å². The average Bonchev–Trinajstić information content (AvgIpc) is 2.80. The van der Waals surface area contributed by atoms with E-state index in [1.54, 1.807) is 35.2 Å². The van der Waals surface area contributed by atoms with E-state index in [1.165, 1.54) is 33.5 Å². The van der Waals surface area contributed by atoms with Crippen molar-refractivity contribution in [2.24, 2.45) is 0 Å². The molecule has 0 heterocycles. The molecule has 0 aliphatic carbocycles. The molecule has 0 aliphatic rings. The van der Waals surface area contributed by atoms with Crippen LogP contribution in [0.4, 0.5) is 4.39 Å². The van der Waals surface area contributed by atoms with Crippen LogP contribution in [0.25, 0.3) is 0 Å². The minimum absolute atomic E-state index is 0.130. The van der Waals surface area contributed by atoms with Crippen LogP contribution in [0.2, 0.25) is 0 Å². The van der Waals surface area contributed by atoms with Gasteiger partial charge in [-0.2, -0.15) is 0 Å². The maximum Gasteiger partial charge on any atom is 0.305 e. The van der Waals surface area contributed by atoms with Crippen molar-refractivity contribution >= 4 is 11.9 Å². The molecule has 1 amide bonds. The van der Waals surface area contributed by atoms with Crippen LogP contribution in [-0.2, 0) is 16.0 Å². The number of amides is 1. The Labute approximate surface area is 182 Å². The highest BCUT2D eigenvalue weighted by molar-refractivity contribution is 5.95. The van der Waals surface area contributed by atoms with Gasteiger partial charge >= 0.3 is 5.97 Å². The molecule has 0 bridgehead atoms. The summed E-state index contributed by atoms with van der Waals surface area (Å²) in [5.41, 5.74) is 1.49. The molecule has 0 saturated carbocycles. The number of hydrogen-bond acceptors (Lipinski definition) is 5. The van der Waals surface area contributed by atoms with E-state index in [1.807, 2.05) is 0 Å². The summed E-state index contributed by atoms with van der Waals surface area (Å²) in [5, 5.41) is 0. The van der Waals surface area contributed by atoms with Gasteiger partial charge in [0.1, 0.15) is 17.3 Å². The van der Waals surface area contributed by atoms with Crippen LogP contribution in [0.5, 0.6) is 11.5 Å². The SMILES string of the molecule is COC(=O)CCCCN(CCCc1ccc(F)cc1)C(=O)c1cc(OC)cc(OC)c1. The lowest BCUT2D eigenvalue weighted by Gasteiger charge is -2.23. The Morgan fingerprint density at radius 1 is 0.871 bits per heavy atom. The second-order valence-electron chi connectivity index (χ2n) is 7.16. The Morgan fingerprint density at radius 3 is 2.06 bits per heavy atom. The van der Waals surface area contributed by atoms with Gasteiger partial charge in [-0.05, 0) is 55.5 Å². The third-order valence-electron chi connectivity index (χ3n) is 4.98.